The lowest BCUT2D eigenvalue weighted by Gasteiger charge is -2.18. The number of thioether (sulfide) groups is 1. The molecule has 1 aliphatic heterocycles. The highest BCUT2D eigenvalue weighted by Gasteiger charge is 2.08. The van der Waals surface area contributed by atoms with Crippen LogP contribution in [0, 0.1) is 6.92 Å². The lowest BCUT2D eigenvalue weighted by Crippen LogP contribution is -2.36. The molecule has 16 heavy (non-hydrogen) atoms. The number of aliphatic imine (C=N–C) groups is 1. The first kappa shape index (κ1) is 11.1. The van der Waals surface area contributed by atoms with Crippen LogP contribution < -0.4 is 10.9 Å². The Bertz CT molecular complexity index is 420. The molecule has 0 unspecified atom stereocenters. The number of benzene rings is 1. The molecule has 3 nitrogen and oxygen atoms in total. The van der Waals surface area contributed by atoms with E-state index >= 15 is 0 Å². The highest BCUT2D eigenvalue weighted by Crippen LogP contribution is 2.19. The molecule has 0 fully saturated rings. The molecule has 4 heteroatoms. The number of amidine groups is 1. The van der Waals surface area contributed by atoms with E-state index in [0.29, 0.717) is 0 Å². The Morgan fingerprint density at radius 3 is 2.50 bits per heavy atom. The average Bonchev–Trinajstić information content (AvgIpc) is 2.32. The van der Waals surface area contributed by atoms with E-state index in [1.54, 1.807) is 11.8 Å². The molecule has 84 valence electrons. The number of nitrogens with one attached hydrogen (secondary N) is 2. The summed E-state index contributed by atoms with van der Waals surface area (Å²) in [6.45, 7) is 4.91. The minimum absolute atomic E-state index is 0.796. The van der Waals surface area contributed by atoms with Crippen LogP contribution in [0.1, 0.15) is 18.1 Å². The molecular weight excluding hydrogens is 218 g/mol. The molecule has 2 N–H and O–H groups in total. The largest absolute Gasteiger partial charge is 0.298 e. The van der Waals surface area contributed by atoms with Crippen molar-refractivity contribution in [3.8, 4) is 0 Å². The van der Waals surface area contributed by atoms with Crippen molar-refractivity contribution in [2.24, 2.45) is 4.99 Å². The van der Waals surface area contributed by atoms with Gasteiger partial charge in [-0.2, -0.15) is 0 Å². The van der Waals surface area contributed by atoms with Crippen LogP contribution in [0.2, 0.25) is 0 Å². The summed E-state index contributed by atoms with van der Waals surface area (Å²) >= 11 is 1.61. The van der Waals surface area contributed by atoms with Gasteiger partial charge in [0, 0.05) is 12.0 Å². The van der Waals surface area contributed by atoms with Gasteiger partial charge in [-0.15, -0.1) is 0 Å². The standard InChI is InChI=1S/C12H15N3S/c1-3-13-12-15-14-11(8-16-12)10-6-4-9(2)5-7-10/h4-8,14H,3H2,1-2H3,(H,13,15). The SMILES string of the molecule is CCN=C1NNC(c2ccc(C)cc2)=CS1. The molecule has 1 aromatic carbocycles. The minimum atomic E-state index is 0.796. The van der Waals surface area contributed by atoms with Crippen LogP contribution in [0.4, 0.5) is 0 Å². The summed E-state index contributed by atoms with van der Waals surface area (Å²) in [5.74, 6) is 0. The summed E-state index contributed by atoms with van der Waals surface area (Å²) in [4.78, 5) is 4.29. The molecule has 0 bridgehead atoms. The number of aryl methyl sites for hydroxylation is 1. The maximum Gasteiger partial charge on any atom is 0.179 e. The van der Waals surface area contributed by atoms with Crippen molar-refractivity contribution in [2.45, 2.75) is 13.8 Å². The summed E-state index contributed by atoms with van der Waals surface area (Å²) < 4.78 is 0. The maximum absolute atomic E-state index is 4.29. The van der Waals surface area contributed by atoms with Crippen LogP contribution in [0.3, 0.4) is 0 Å². The fourth-order valence-corrected chi connectivity index (χ4v) is 2.13. The van der Waals surface area contributed by atoms with Crippen LogP contribution in [-0.2, 0) is 0 Å². The Balaban J connectivity index is 2.13. The van der Waals surface area contributed by atoms with Gasteiger partial charge in [0.15, 0.2) is 5.17 Å². The van der Waals surface area contributed by atoms with Gasteiger partial charge in [-0.3, -0.25) is 15.8 Å². The number of hydrogen-bond acceptors (Lipinski definition) is 3. The second kappa shape index (κ2) is 5.07. The van der Waals surface area contributed by atoms with Crippen LogP contribution in [0.25, 0.3) is 5.70 Å². The van der Waals surface area contributed by atoms with Gasteiger partial charge in [-0.05, 0) is 19.4 Å². The highest BCUT2D eigenvalue weighted by molar-refractivity contribution is 8.16. The van der Waals surface area contributed by atoms with Crippen molar-refractivity contribution in [1.82, 2.24) is 10.9 Å². The monoisotopic (exact) mass is 233 g/mol. The first-order valence-electron chi connectivity index (χ1n) is 5.30. The van der Waals surface area contributed by atoms with Gasteiger partial charge in [-0.1, -0.05) is 41.6 Å². The average molecular weight is 233 g/mol. The molecule has 2 rings (SSSR count). The Morgan fingerprint density at radius 2 is 1.94 bits per heavy atom. The normalized spacial score (nSPS) is 17.6. The van der Waals surface area contributed by atoms with Gasteiger partial charge in [-0.25, -0.2) is 0 Å². The molecule has 1 aliphatic rings. The number of hydrazine groups is 1. The van der Waals surface area contributed by atoms with E-state index in [1.807, 2.05) is 6.92 Å². The van der Waals surface area contributed by atoms with Crippen LogP contribution in [-0.4, -0.2) is 11.7 Å². The summed E-state index contributed by atoms with van der Waals surface area (Å²) in [7, 11) is 0. The third-order valence-electron chi connectivity index (χ3n) is 2.26. The number of nitrogens with zero attached hydrogens (tertiary/aromatic N) is 1. The zero-order valence-corrected chi connectivity index (χ0v) is 10.3. The van der Waals surface area contributed by atoms with Gasteiger partial charge in [0.2, 0.25) is 0 Å². The molecular formula is C12H15N3S. The second-order valence-corrected chi connectivity index (χ2v) is 4.40. The van der Waals surface area contributed by atoms with Gasteiger partial charge >= 0.3 is 0 Å². The fraction of sp³-hybridized carbons (Fsp3) is 0.250. The van der Waals surface area contributed by atoms with E-state index in [-0.39, 0.29) is 0 Å². The van der Waals surface area contributed by atoms with Gasteiger partial charge in [0.1, 0.15) is 0 Å². The van der Waals surface area contributed by atoms with E-state index in [2.05, 4.69) is 52.4 Å². The summed E-state index contributed by atoms with van der Waals surface area (Å²) in [6.07, 6.45) is 0. The molecule has 0 aromatic heterocycles. The van der Waals surface area contributed by atoms with Crippen LogP contribution >= 0.6 is 11.8 Å². The molecule has 1 aromatic rings. The molecule has 0 amide bonds. The molecule has 0 atom stereocenters. The Kier molecular flexibility index (Phi) is 3.51. The zero-order valence-electron chi connectivity index (χ0n) is 9.45. The zero-order chi connectivity index (χ0) is 11.4. The Hall–Kier alpha value is -1.42. The lowest BCUT2D eigenvalue weighted by molar-refractivity contribution is 0.842. The van der Waals surface area contributed by atoms with Crippen molar-refractivity contribution in [3.05, 3.63) is 40.8 Å². The molecule has 0 saturated heterocycles. The highest BCUT2D eigenvalue weighted by atomic mass is 32.2. The predicted octanol–water partition coefficient (Wildman–Crippen LogP) is 2.51. The van der Waals surface area contributed by atoms with Crippen LogP contribution in [0.5, 0.6) is 0 Å². The third-order valence-corrected chi connectivity index (χ3v) is 3.06. The van der Waals surface area contributed by atoms with Crippen molar-refractivity contribution in [3.63, 3.8) is 0 Å². The van der Waals surface area contributed by atoms with Crippen molar-refractivity contribution < 1.29 is 0 Å². The smallest absolute Gasteiger partial charge is 0.179 e. The number of rotatable bonds is 2. The minimum Gasteiger partial charge on any atom is -0.298 e. The van der Waals surface area contributed by atoms with Crippen LogP contribution in [0.15, 0.2) is 34.7 Å². The predicted molar refractivity (Wildman–Crippen MR) is 71.0 cm³/mol. The van der Waals surface area contributed by atoms with E-state index < -0.39 is 0 Å². The maximum atomic E-state index is 4.29. The van der Waals surface area contributed by atoms with Gasteiger partial charge in [0.05, 0.1) is 5.70 Å². The van der Waals surface area contributed by atoms with Gasteiger partial charge < -0.3 is 0 Å². The first-order valence-corrected chi connectivity index (χ1v) is 6.18. The molecule has 0 spiro atoms. The lowest BCUT2D eigenvalue weighted by atomic mass is 10.1. The Labute approximate surface area is 100 Å². The number of hydrogen-bond donors (Lipinski definition) is 2. The van der Waals surface area contributed by atoms with Crippen molar-refractivity contribution in [1.29, 1.82) is 0 Å². The van der Waals surface area contributed by atoms with E-state index in [9.17, 15) is 0 Å². The topological polar surface area (TPSA) is 36.4 Å². The van der Waals surface area contributed by atoms with Crippen molar-refractivity contribution in [2.75, 3.05) is 6.54 Å². The van der Waals surface area contributed by atoms with E-state index in [4.69, 9.17) is 0 Å². The summed E-state index contributed by atoms with van der Waals surface area (Å²) in [6, 6.07) is 8.44. The molecule has 1 heterocycles. The van der Waals surface area contributed by atoms with Crippen molar-refractivity contribution >= 4 is 22.6 Å². The molecule has 0 radical (unpaired) electrons. The molecule has 0 saturated carbocycles. The van der Waals surface area contributed by atoms with E-state index in [0.717, 1.165) is 17.4 Å². The first-order chi connectivity index (χ1) is 7.79. The third kappa shape index (κ3) is 2.58. The summed E-state index contributed by atoms with van der Waals surface area (Å²) in [5, 5.41) is 2.99. The molecule has 0 aliphatic carbocycles. The Morgan fingerprint density at radius 1 is 1.19 bits per heavy atom. The quantitative estimate of drug-likeness (QED) is 0.824. The fourth-order valence-electron chi connectivity index (χ4n) is 1.39. The second-order valence-electron chi connectivity index (χ2n) is 3.54. The summed E-state index contributed by atoms with van der Waals surface area (Å²) in [5.41, 5.74) is 9.76. The van der Waals surface area contributed by atoms with E-state index in [1.165, 1.54) is 11.1 Å². The van der Waals surface area contributed by atoms with Gasteiger partial charge in [0.25, 0.3) is 0 Å².